The van der Waals surface area contributed by atoms with E-state index in [0.717, 1.165) is 15.8 Å². The molecule has 0 radical (unpaired) electrons. The first kappa shape index (κ1) is 13.0. The summed E-state index contributed by atoms with van der Waals surface area (Å²) in [6.07, 6.45) is 0.692. The Balaban J connectivity index is 1.89. The molecule has 1 aliphatic rings. The van der Waals surface area contributed by atoms with Crippen LogP contribution in [0, 0.1) is 0 Å². The van der Waals surface area contributed by atoms with Crippen LogP contribution in [0.15, 0.2) is 24.3 Å². The number of carbonyl (C=O) groups is 2. The first-order valence-electron chi connectivity index (χ1n) is 5.81. The molecular formula is C13H10ClNO2S2. The van der Waals surface area contributed by atoms with E-state index in [-0.39, 0.29) is 17.1 Å². The van der Waals surface area contributed by atoms with E-state index >= 15 is 0 Å². The number of carbonyl (C=O) groups excluding carboxylic acids is 2. The predicted molar refractivity (Wildman–Crippen MR) is 80.2 cm³/mol. The minimum atomic E-state index is -0.376. The lowest BCUT2D eigenvalue weighted by molar-refractivity contribution is -0.112. The normalized spacial score (nSPS) is 19.0. The minimum absolute atomic E-state index is 0.0329. The standard InChI is InChI=1S/C13H10ClNO2S2/c14-10-7-3-1-2-4-9(7)19-11(10)12(16)15-8-5-6-18-13(8)17/h1-4,8H,5-6H2,(H,15,16). The molecule has 19 heavy (non-hydrogen) atoms. The fourth-order valence-electron chi connectivity index (χ4n) is 2.01. The van der Waals surface area contributed by atoms with E-state index in [9.17, 15) is 9.59 Å². The first-order valence-corrected chi connectivity index (χ1v) is 7.99. The molecule has 1 fully saturated rings. The Morgan fingerprint density at radius 3 is 2.84 bits per heavy atom. The second-order valence-electron chi connectivity index (χ2n) is 4.22. The number of hydrogen-bond donors (Lipinski definition) is 1. The maximum absolute atomic E-state index is 12.2. The van der Waals surface area contributed by atoms with Crippen LogP contribution < -0.4 is 5.32 Å². The largest absolute Gasteiger partial charge is 0.341 e. The van der Waals surface area contributed by atoms with E-state index in [1.54, 1.807) is 0 Å². The van der Waals surface area contributed by atoms with Gasteiger partial charge in [0.05, 0.1) is 11.1 Å². The molecule has 1 aromatic heterocycles. The van der Waals surface area contributed by atoms with Crippen LogP contribution >= 0.6 is 34.7 Å². The molecule has 1 N–H and O–H groups in total. The highest BCUT2D eigenvalue weighted by Gasteiger charge is 2.28. The van der Waals surface area contributed by atoms with Gasteiger partial charge in [-0.05, 0) is 12.5 Å². The Hall–Kier alpha value is -1.04. The van der Waals surface area contributed by atoms with Gasteiger partial charge in [0.2, 0.25) is 5.12 Å². The second kappa shape index (κ2) is 5.15. The number of benzene rings is 1. The van der Waals surface area contributed by atoms with Gasteiger partial charge in [-0.25, -0.2) is 0 Å². The average Bonchev–Trinajstić information content (AvgIpc) is 2.95. The zero-order valence-electron chi connectivity index (χ0n) is 9.81. The summed E-state index contributed by atoms with van der Waals surface area (Å²) in [5.74, 6) is 0.510. The lowest BCUT2D eigenvalue weighted by Crippen LogP contribution is -2.36. The van der Waals surface area contributed by atoms with Crippen molar-refractivity contribution in [3.05, 3.63) is 34.2 Å². The Labute approximate surface area is 123 Å². The van der Waals surface area contributed by atoms with Gasteiger partial charge in [0.15, 0.2) is 0 Å². The molecule has 0 saturated carbocycles. The van der Waals surface area contributed by atoms with Gasteiger partial charge in [-0.3, -0.25) is 9.59 Å². The lowest BCUT2D eigenvalue weighted by atomic mass is 10.2. The third kappa shape index (κ3) is 2.38. The van der Waals surface area contributed by atoms with Gasteiger partial charge in [-0.2, -0.15) is 0 Å². The van der Waals surface area contributed by atoms with E-state index < -0.39 is 0 Å². The van der Waals surface area contributed by atoms with Gasteiger partial charge in [0, 0.05) is 15.8 Å². The van der Waals surface area contributed by atoms with Crippen molar-refractivity contribution < 1.29 is 9.59 Å². The molecule has 3 nitrogen and oxygen atoms in total. The summed E-state index contributed by atoms with van der Waals surface area (Å²) in [6, 6.07) is 7.24. The van der Waals surface area contributed by atoms with Crippen molar-refractivity contribution in [1.82, 2.24) is 5.32 Å². The summed E-state index contributed by atoms with van der Waals surface area (Å²) in [4.78, 5) is 24.2. The molecule has 1 atom stereocenters. The summed E-state index contributed by atoms with van der Waals surface area (Å²) in [7, 11) is 0. The number of hydrogen-bond acceptors (Lipinski definition) is 4. The molecule has 1 aliphatic heterocycles. The van der Waals surface area contributed by atoms with Crippen molar-refractivity contribution >= 4 is 55.8 Å². The molecule has 1 aromatic carbocycles. The number of halogens is 1. The van der Waals surface area contributed by atoms with E-state index in [2.05, 4.69) is 5.32 Å². The van der Waals surface area contributed by atoms with Crippen molar-refractivity contribution in [3.63, 3.8) is 0 Å². The fourth-order valence-corrected chi connectivity index (χ4v) is 4.36. The maximum atomic E-state index is 12.2. The SMILES string of the molecule is O=C(NC1CCSC1=O)c1sc2ccccc2c1Cl. The van der Waals surface area contributed by atoms with Crippen LogP contribution in [-0.4, -0.2) is 22.8 Å². The van der Waals surface area contributed by atoms with Gasteiger partial charge >= 0.3 is 0 Å². The molecule has 0 bridgehead atoms. The van der Waals surface area contributed by atoms with Crippen LogP contribution in [0.1, 0.15) is 16.1 Å². The van der Waals surface area contributed by atoms with Crippen LogP contribution in [0.25, 0.3) is 10.1 Å². The number of nitrogens with one attached hydrogen (secondary N) is 1. The zero-order chi connectivity index (χ0) is 13.4. The lowest BCUT2D eigenvalue weighted by Gasteiger charge is -2.08. The van der Waals surface area contributed by atoms with E-state index in [4.69, 9.17) is 11.6 Å². The molecule has 0 spiro atoms. The quantitative estimate of drug-likeness (QED) is 0.925. The van der Waals surface area contributed by atoms with Crippen molar-refractivity contribution in [2.24, 2.45) is 0 Å². The topological polar surface area (TPSA) is 46.2 Å². The first-order chi connectivity index (χ1) is 9.16. The number of thiophene rings is 1. The Bertz CT molecular complexity index is 668. The molecule has 1 unspecified atom stereocenters. The molecule has 1 saturated heterocycles. The molecule has 0 aliphatic carbocycles. The Morgan fingerprint density at radius 2 is 2.16 bits per heavy atom. The summed E-state index contributed by atoms with van der Waals surface area (Å²) >= 11 is 8.86. The van der Waals surface area contributed by atoms with Gasteiger partial charge in [0.25, 0.3) is 5.91 Å². The Kier molecular flexibility index (Phi) is 3.52. The van der Waals surface area contributed by atoms with Crippen LogP contribution in [-0.2, 0) is 4.79 Å². The van der Waals surface area contributed by atoms with E-state index in [1.165, 1.54) is 23.1 Å². The van der Waals surface area contributed by atoms with Crippen molar-refractivity contribution in [2.75, 3.05) is 5.75 Å². The van der Waals surface area contributed by atoms with Crippen molar-refractivity contribution in [1.29, 1.82) is 0 Å². The second-order valence-corrected chi connectivity index (χ2v) is 6.75. The molecule has 2 aromatic rings. The van der Waals surface area contributed by atoms with Gasteiger partial charge in [-0.1, -0.05) is 41.6 Å². The molecule has 3 rings (SSSR count). The summed E-state index contributed by atoms with van der Waals surface area (Å²) < 4.78 is 0.977. The molecular weight excluding hydrogens is 302 g/mol. The van der Waals surface area contributed by atoms with Gasteiger partial charge < -0.3 is 5.32 Å². The maximum Gasteiger partial charge on any atom is 0.263 e. The number of amides is 1. The Morgan fingerprint density at radius 1 is 1.37 bits per heavy atom. The van der Waals surface area contributed by atoms with E-state index in [0.29, 0.717) is 16.3 Å². The van der Waals surface area contributed by atoms with Crippen LogP contribution in [0.5, 0.6) is 0 Å². The third-order valence-electron chi connectivity index (χ3n) is 2.98. The average molecular weight is 312 g/mol. The number of fused-ring (bicyclic) bond motifs is 1. The van der Waals surface area contributed by atoms with Crippen LogP contribution in [0.4, 0.5) is 0 Å². The van der Waals surface area contributed by atoms with E-state index in [1.807, 2.05) is 24.3 Å². The highest BCUT2D eigenvalue weighted by molar-refractivity contribution is 8.14. The van der Waals surface area contributed by atoms with Crippen molar-refractivity contribution in [2.45, 2.75) is 12.5 Å². The minimum Gasteiger partial charge on any atom is -0.341 e. The zero-order valence-corrected chi connectivity index (χ0v) is 12.2. The summed E-state index contributed by atoms with van der Waals surface area (Å²) in [5, 5.41) is 4.15. The number of rotatable bonds is 2. The summed E-state index contributed by atoms with van der Waals surface area (Å²) in [6.45, 7) is 0. The van der Waals surface area contributed by atoms with Crippen LogP contribution in [0.2, 0.25) is 5.02 Å². The van der Waals surface area contributed by atoms with Gasteiger partial charge in [-0.15, -0.1) is 11.3 Å². The summed E-state index contributed by atoms with van der Waals surface area (Å²) in [5.41, 5.74) is 0. The molecule has 98 valence electrons. The monoisotopic (exact) mass is 311 g/mol. The molecule has 6 heteroatoms. The number of thioether (sulfide) groups is 1. The smallest absolute Gasteiger partial charge is 0.263 e. The molecule has 1 amide bonds. The van der Waals surface area contributed by atoms with Crippen LogP contribution in [0.3, 0.4) is 0 Å². The highest BCUT2D eigenvalue weighted by Crippen LogP contribution is 2.35. The van der Waals surface area contributed by atoms with Gasteiger partial charge in [0.1, 0.15) is 4.88 Å². The third-order valence-corrected chi connectivity index (χ3v) is 5.66. The fraction of sp³-hybridized carbons (Fsp3) is 0.231. The molecule has 2 heterocycles. The predicted octanol–water partition coefficient (Wildman–Crippen LogP) is 3.32. The highest BCUT2D eigenvalue weighted by atomic mass is 35.5. The van der Waals surface area contributed by atoms with Crippen molar-refractivity contribution in [3.8, 4) is 0 Å².